The number of aliphatic hydroxyl groups is 1. The van der Waals surface area contributed by atoms with Gasteiger partial charge in [0, 0.05) is 0 Å². The second-order valence-electron chi connectivity index (χ2n) is 9.30. The third-order valence-electron chi connectivity index (χ3n) is 4.97. The van der Waals surface area contributed by atoms with Crippen LogP contribution in [0.3, 0.4) is 0 Å². The van der Waals surface area contributed by atoms with E-state index in [2.05, 4.69) is 51.4 Å². The highest BCUT2D eigenvalue weighted by molar-refractivity contribution is 6.83. The van der Waals surface area contributed by atoms with Crippen LogP contribution < -0.4 is 5.32 Å². The number of nitrogens with one attached hydrogen (secondary N) is 1. The molecule has 0 spiro atoms. The van der Waals surface area contributed by atoms with Gasteiger partial charge >= 0.3 is 0 Å². The first-order valence-corrected chi connectivity index (χ1v) is 13.9. The Morgan fingerprint density at radius 2 is 1.97 bits per heavy atom. The molecule has 4 heterocycles. The number of hydrogen-bond acceptors (Lipinski definition) is 8. The zero-order valence-corrected chi connectivity index (χ0v) is 19.6. The molecule has 2 aromatic rings. The Labute approximate surface area is 185 Å². The van der Waals surface area contributed by atoms with Gasteiger partial charge in [-0.25, -0.2) is 23.7 Å². The van der Waals surface area contributed by atoms with E-state index < -0.39 is 51.4 Å². The molecule has 32 heavy (non-hydrogen) atoms. The van der Waals surface area contributed by atoms with Crippen LogP contribution in [0.25, 0.3) is 11.2 Å². The Hall–Kier alpha value is -2.17. The van der Waals surface area contributed by atoms with E-state index in [-0.39, 0.29) is 18.2 Å². The largest absolute Gasteiger partial charge is 0.394 e. The Bertz CT molecular complexity index is 1060. The molecule has 2 N–H and O–H groups in total. The first-order chi connectivity index (χ1) is 15.0. The molecular weight excluding hydrogens is 440 g/mol. The van der Waals surface area contributed by atoms with Crippen molar-refractivity contribution in [1.82, 2.24) is 19.5 Å². The number of nitrogens with zero attached hydrogens (tertiary/aromatic N) is 4. The summed E-state index contributed by atoms with van der Waals surface area (Å²) >= 11 is 0. The molecular formula is C20H27F2N5O4Si. The Morgan fingerprint density at radius 1 is 1.25 bits per heavy atom. The number of imidazole rings is 1. The number of alkyl halides is 2. The van der Waals surface area contributed by atoms with Crippen LogP contribution in [-0.4, -0.2) is 76.4 Å². The van der Waals surface area contributed by atoms with Crippen molar-refractivity contribution in [2.75, 3.05) is 18.5 Å². The molecule has 0 radical (unpaired) electrons. The van der Waals surface area contributed by atoms with Gasteiger partial charge in [0.05, 0.1) is 19.5 Å². The van der Waals surface area contributed by atoms with Gasteiger partial charge in [-0.2, -0.15) is 0 Å². The van der Waals surface area contributed by atoms with Crippen molar-refractivity contribution in [1.29, 1.82) is 0 Å². The fourth-order valence-electron chi connectivity index (χ4n) is 3.73. The lowest BCUT2D eigenvalue weighted by Gasteiger charge is -2.24. The summed E-state index contributed by atoms with van der Waals surface area (Å²) in [5.74, 6) is 2.51. The van der Waals surface area contributed by atoms with Crippen LogP contribution >= 0.6 is 0 Å². The number of anilines is 1. The first-order valence-electron chi connectivity index (χ1n) is 10.4. The van der Waals surface area contributed by atoms with Gasteiger partial charge in [-0.05, 0) is 19.8 Å². The number of rotatable bonds is 5. The molecule has 2 aromatic heterocycles. The molecule has 9 nitrogen and oxygen atoms in total. The third kappa shape index (κ3) is 4.62. The van der Waals surface area contributed by atoms with Crippen molar-refractivity contribution in [3.63, 3.8) is 0 Å². The zero-order valence-electron chi connectivity index (χ0n) is 18.6. The summed E-state index contributed by atoms with van der Waals surface area (Å²) in [6.07, 6.45) is -3.31. The lowest BCUT2D eigenvalue weighted by atomic mass is 10.1. The number of fused-ring (bicyclic) bond motifs is 2. The van der Waals surface area contributed by atoms with E-state index in [9.17, 15) is 13.9 Å². The first kappa shape index (κ1) is 23.0. The SMILES string of the molecule is CC1(C)O[C@@H]2[C@H](O1)[C@@H](CO)O[C@H]2n1cnc2c(NCC(F)F)nc(C#C[Si](C)(C)C)nc21. The summed E-state index contributed by atoms with van der Waals surface area (Å²) in [4.78, 5) is 13.2. The van der Waals surface area contributed by atoms with E-state index in [0.717, 1.165) is 0 Å². The lowest BCUT2D eigenvalue weighted by Crippen LogP contribution is -2.31. The van der Waals surface area contributed by atoms with Gasteiger partial charge in [0.1, 0.15) is 26.4 Å². The van der Waals surface area contributed by atoms with E-state index in [4.69, 9.17) is 14.2 Å². The maximum atomic E-state index is 12.9. The van der Waals surface area contributed by atoms with Crippen LogP contribution in [0.1, 0.15) is 25.9 Å². The molecule has 2 saturated heterocycles. The monoisotopic (exact) mass is 467 g/mol. The van der Waals surface area contributed by atoms with Crippen molar-refractivity contribution in [3.8, 4) is 11.5 Å². The Balaban J connectivity index is 1.78. The Morgan fingerprint density at radius 3 is 2.62 bits per heavy atom. The van der Waals surface area contributed by atoms with Crippen LogP contribution in [0.4, 0.5) is 14.6 Å². The fraction of sp³-hybridized carbons (Fsp3) is 0.650. The van der Waals surface area contributed by atoms with Crippen molar-refractivity contribution < 1.29 is 28.1 Å². The van der Waals surface area contributed by atoms with Crippen LogP contribution in [-0.2, 0) is 14.2 Å². The minimum absolute atomic E-state index is 0.172. The van der Waals surface area contributed by atoms with Crippen LogP contribution in [0, 0.1) is 11.5 Å². The van der Waals surface area contributed by atoms with Gasteiger partial charge in [0.15, 0.2) is 29.0 Å². The quantitative estimate of drug-likeness (QED) is 0.509. The summed E-state index contributed by atoms with van der Waals surface area (Å²) in [5.41, 5.74) is 3.87. The van der Waals surface area contributed by atoms with Gasteiger partial charge in [-0.15, -0.1) is 5.54 Å². The summed E-state index contributed by atoms with van der Waals surface area (Å²) < 4.78 is 45.3. The van der Waals surface area contributed by atoms with E-state index >= 15 is 0 Å². The molecule has 0 aromatic carbocycles. The highest BCUT2D eigenvalue weighted by atomic mass is 28.3. The van der Waals surface area contributed by atoms with Crippen molar-refractivity contribution in [3.05, 3.63) is 12.2 Å². The number of halogens is 2. The topological polar surface area (TPSA) is 104 Å². The van der Waals surface area contributed by atoms with Crippen molar-refractivity contribution in [2.24, 2.45) is 0 Å². The highest BCUT2D eigenvalue weighted by Gasteiger charge is 2.56. The predicted octanol–water partition coefficient (Wildman–Crippen LogP) is 2.14. The van der Waals surface area contributed by atoms with Gasteiger partial charge < -0.3 is 24.6 Å². The minimum atomic E-state index is -2.56. The molecule has 0 bridgehead atoms. The van der Waals surface area contributed by atoms with E-state index in [1.165, 1.54) is 6.33 Å². The molecule has 12 heteroatoms. The highest BCUT2D eigenvalue weighted by Crippen LogP contribution is 2.43. The molecule has 0 saturated carbocycles. The number of aromatic nitrogens is 4. The average Bonchev–Trinajstić information content (AvgIpc) is 3.34. The summed E-state index contributed by atoms with van der Waals surface area (Å²) in [5, 5.41) is 12.4. The van der Waals surface area contributed by atoms with Gasteiger partial charge in [-0.1, -0.05) is 19.6 Å². The predicted molar refractivity (Wildman–Crippen MR) is 115 cm³/mol. The molecule has 0 aliphatic carbocycles. The number of aliphatic hydroxyl groups excluding tert-OH is 1. The summed E-state index contributed by atoms with van der Waals surface area (Å²) in [6, 6.07) is 0. The molecule has 4 atom stereocenters. The second-order valence-corrected chi connectivity index (χ2v) is 14.1. The van der Waals surface area contributed by atoms with Crippen LogP contribution in [0.15, 0.2) is 6.33 Å². The standard InChI is InChI=1S/C20H27F2N5O4Si/c1-20(2)30-15-11(9-28)29-19(16(15)31-20)27-10-24-14-17(23-8-12(21)22)25-13(26-18(14)27)6-7-32(3,4)5/h10-12,15-16,19,28H,8-9H2,1-5H3,(H,23,25,26)/t11-,15-,16-,19-/m1/s1. The van der Waals surface area contributed by atoms with E-state index in [1.54, 1.807) is 18.4 Å². The zero-order chi connectivity index (χ0) is 23.3. The number of hydrogen-bond donors (Lipinski definition) is 2. The summed E-state index contributed by atoms with van der Waals surface area (Å²) in [6.45, 7) is 9.01. The smallest absolute Gasteiger partial charge is 0.255 e. The molecule has 4 rings (SSSR count). The molecule has 174 valence electrons. The van der Waals surface area contributed by atoms with E-state index in [0.29, 0.717) is 11.2 Å². The molecule has 0 unspecified atom stereocenters. The normalized spacial score (nSPS) is 26.9. The maximum Gasteiger partial charge on any atom is 0.255 e. The molecule has 2 fully saturated rings. The van der Waals surface area contributed by atoms with Crippen LogP contribution in [0.2, 0.25) is 19.6 Å². The van der Waals surface area contributed by atoms with Gasteiger partial charge in [0.2, 0.25) is 5.82 Å². The second kappa shape index (κ2) is 8.31. The molecule has 0 amide bonds. The maximum absolute atomic E-state index is 12.9. The number of ether oxygens (including phenoxy) is 3. The average molecular weight is 468 g/mol. The van der Waals surface area contributed by atoms with Gasteiger partial charge in [0.25, 0.3) is 6.43 Å². The molecule has 2 aliphatic heterocycles. The van der Waals surface area contributed by atoms with Crippen molar-refractivity contribution >= 4 is 25.1 Å². The summed E-state index contributed by atoms with van der Waals surface area (Å²) in [7, 11) is -1.73. The molecule has 2 aliphatic rings. The van der Waals surface area contributed by atoms with Gasteiger partial charge in [-0.3, -0.25) is 4.57 Å². The minimum Gasteiger partial charge on any atom is -0.394 e. The van der Waals surface area contributed by atoms with Crippen LogP contribution in [0.5, 0.6) is 0 Å². The fourth-order valence-corrected chi connectivity index (χ4v) is 4.22. The third-order valence-corrected chi connectivity index (χ3v) is 5.85. The van der Waals surface area contributed by atoms with Crippen molar-refractivity contribution in [2.45, 2.75) is 70.2 Å². The lowest BCUT2D eigenvalue weighted by molar-refractivity contribution is -0.199. The van der Waals surface area contributed by atoms with E-state index in [1.807, 2.05) is 0 Å². The Kier molecular flexibility index (Phi) is 5.97.